The first-order valence-corrected chi connectivity index (χ1v) is 6.76. The van der Waals surface area contributed by atoms with E-state index < -0.39 is 0 Å². The van der Waals surface area contributed by atoms with Gasteiger partial charge in [0.1, 0.15) is 11.6 Å². The van der Waals surface area contributed by atoms with E-state index in [2.05, 4.69) is 9.36 Å². The Morgan fingerprint density at radius 2 is 2.22 bits per heavy atom. The van der Waals surface area contributed by atoms with Crippen LogP contribution in [-0.4, -0.2) is 9.36 Å². The Bertz CT molecular complexity index is 542. The van der Waals surface area contributed by atoms with Crippen LogP contribution >= 0.6 is 23.1 Å². The van der Waals surface area contributed by atoms with Gasteiger partial charge in [-0.15, -0.1) is 0 Å². The standard InChI is InChI=1S/C12H14ClN3OS/c1-7(2)11-15-12(18-16-11)17-10-5-3-4-9(13)8(10)6-14/h3-5,7H,6,14H2,1-2H3. The van der Waals surface area contributed by atoms with Crippen molar-refractivity contribution < 1.29 is 4.74 Å². The third-order valence-electron chi connectivity index (χ3n) is 2.42. The van der Waals surface area contributed by atoms with Gasteiger partial charge in [-0.1, -0.05) is 31.5 Å². The second-order valence-electron chi connectivity index (χ2n) is 4.10. The monoisotopic (exact) mass is 283 g/mol. The highest BCUT2D eigenvalue weighted by atomic mass is 35.5. The summed E-state index contributed by atoms with van der Waals surface area (Å²) in [6, 6.07) is 5.43. The van der Waals surface area contributed by atoms with Gasteiger partial charge in [-0.3, -0.25) is 0 Å². The Hall–Kier alpha value is -1.17. The molecule has 0 aliphatic heterocycles. The SMILES string of the molecule is CC(C)c1nsc(Oc2cccc(Cl)c2CN)n1. The summed E-state index contributed by atoms with van der Waals surface area (Å²) < 4.78 is 9.92. The van der Waals surface area contributed by atoms with Crippen LogP contribution in [0.3, 0.4) is 0 Å². The van der Waals surface area contributed by atoms with E-state index in [1.54, 1.807) is 6.07 Å². The summed E-state index contributed by atoms with van der Waals surface area (Å²) >= 11 is 7.29. The highest BCUT2D eigenvalue weighted by Gasteiger charge is 2.12. The number of benzene rings is 1. The van der Waals surface area contributed by atoms with Gasteiger partial charge >= 0.3 is 0 Å². The van der Waals surface area contributed by atoms with Crippen LogP contribution in [0.1, 0.15) is 31.2 Å². The predicted molar refractivity (Wildman–Crippen MR) is 73.4 cm³/mol. The summed E-state index contributed by atoms with van der Waals surface area (Å²) in [5.41, 5.74) is 6.44. The van der Waals surface area contributed by atoms with Crippen molar-refractivity contribution in [3.05, 3.63) is 34.6 Å². The average Bonchev–Trinajstić information content (AvgIpc) is 2.78. The zero-order valence-corrected chi connectivity index (χ0v) is 11.8. The molecule has 6 heteroatoms. The third-order valence-corrected chi connectivity index (χ3v) is 3.38. The molecule has 2 N–H and O–H groups in total. The minimum absolute atomic E-state index is 0.284. The first kappa shape index (κ1) is 13.3. The van der Waals surface area contributed by atoms with Crippen LogP contribution in [0.25, 0.3) is 0 Å². The Labute approximate surface area is 115 Å². The molecule has 0 bridgehead atoms. The van der Waals surface area contributed by atoms with Crippen LogP contribution in [0.5, 0.6) is 10.9 Å². The maximum Gasteiger partial charge on any atom is 0.298 e. The summed E-state index contributed by atoms with van der Waals surface area (Å²) in [5, 5.41) is 1.11. The number of rotatable bonds is 4. The number of ether oxygens (including phenoxy) is 1. The van der Waals surface area contributed by atoms with E-state index in [1.165, 1.54) is 11.5 Å². The molecule has 2 rings (SSSR count). The van der Waals surface area contributed by atoms with Gasteiger partial charge in [0.15, 0.2) is 0 Å². The first-order valence-electron chi connectivity index (χ1n) is 5.60. The van der Waals surface area contributed by atoms with Crippen LogP contribution in [0.4, 0.5) is 0 Å². The van der Waals surface area contributed by atoms with E-state index in [1.807, 2.05) is 26.0 Å². The van der Waals surface area contributed by atoms with E-state index in [0.29, 0.717) is 22.5 Å². The normalized spacial score (nSPS) is 10.9. The Morgan fingerprint density at radius 3 is 2.83 bits per heavy atom. The summed E-state index contributed by atoms with van der Waals surface area (Å²) in [6.07, 6.45) is 0. The largest absolute Gasteiger partial charge is 0.429 e. The molecular formula is C12H14ClN3OS. The van der Waals surface area contributed by atoms with Gasteiger partial charge in [-0.25, -0.2) is 0 Å². The first-order chi connectivity index (χ1) is 8.61. The van der Waals surface area contributed by atoms with Gasteiger partial charge < -0.3 is 10.5 Å². The molecule has 0 aliphatic carbocycles. The van der Waals surface area contributed by atoms with Gasteiger partial charge in [0.2, 0.25) is 0 Å². The quantitative estimate of drug-likeness (QED) is 0.932. The number of nitrogens with two attached hydrogens (primary N) is 1. The number of halogens is 1. The van der Waals surface area contributed by atoms with Crippen molar-refractivity contribution in [2.45, 2.75) is 26.3 Å². The van der Waals surface area contributed by atoms with E-state index in [0.717, 1.165) is 11.4 Å². The summed E-state index contributed by atoms with van der Waals surface area (Å²) in [5.74, 6) is 1.70. The van der Waals surface area contributed by atoms with Crippen molar-refractivity contribution in [1.82, 2.24) is 9.36 Å². The third kappa shape index (κ3) is 2.80. The lowest BCUT2D eigenvalue weighted by atomic mass is 10.2. The lowest BCUT2D eigenvalue weighted by Crippen LogP contribution is -2.00. The molecule has 0 saturated heterocycles. The van der Waals surface area contributed by atoms with Crippen LogP contribution in [0.15, 0.2) is 18.2 Å². The van der Waals surface area contributed by atoms with E-state index in [9.17, 15) is 0 Å². The smallest absolute Gasteiger partial charge is 0.298 e. The van der Waals surface area contributed by atoms with E-state index in [4.69, 9.17) is 22.1 Å². The Kier molecular flexibility index (Phi) is 4.16. The predicted octanol–water partition coefficient (Wildman–Crippen LogP) is 3.57. The number of hydrogen-bond acceptors (Lipinski definition) is 5. The molecule has 0 fully saturated rings. The molecular weight excluding hydrogens is 270 g/mol. The molecule has 0 atom stereocenters. The number of nitrogens with zero attached hydrogens (tertiary/aromatic N) is 2. The topological polar surface area (TPSA) is 61.0 Å². The molecule has 0 unspecified atom stereocenters. The fraction of sp³-hybridized carbons (Fsp3) is 0.333. The molecule has 1 heterocycles. The second-order valence-corrected chi connectivity index (χ2v) is 5.22. The van der Waals surface area contributed by atoms with Gasteiger partial charge in [0.05, 0.1) is 0 Å². The van der Waals surface area contributed by atoms with Gasteiger partial charge in [-0.2, -0.15) is 9.36 Å². The molecule has 0 radical (unpaired) electrons. The summed E-state index contributed by atoms with van der Waals surface area (Å²) in [6.45, 7) is 4.40. The Balaban J connectivity index is 2.25. The van der Waals surface area contributed by atoms with Crippen molar-refractivity contribution in [2.75, 3.05) is 0 Å². The average molecular weight is 284 g/mol. The molecule has 18 heavy (non-hydrogen) atoms. The highest BCUT2D eigenvalue weighted by molar-refractivity contribution is 7.07. The molecule has 0 saturated carbocycles. The fourth-order valence-electron chi connectivity index (χ4n) is 1.42. The molecule has 2 aromatic rings. The van der Waals surface area contributed by atoms with Crippen LogP contribution in [0.2, 0.25) is 5.02 Å². The minimum Gasteiger partial charge on any atom is -0.429 e. The van der Waals surface area contributed by atoms with E-state index in [-0.39, 0.29) is 5.92 Å². The molecule has 1 aromatic heterocycles. The second kappa shape index (κ2) is 5.65. The van der Waals surface area contributed by atoms with E-state index >= 15 is 0 Å². The van der Waals surface area contributed by atoms with Crippen molar-refractivity contribution in [3.63, 3.8) is 0 Å². The molecule has 1 aromatic carbocycles. The van der Waals surface area contributed by atoms with Crippen LogP contribution in [0, 0.1) is 0 Å². The molecule has 96 valence electrons. The number of aromatic nitrogens is 2. The number of hydrogen-bond donors (Lipinski definition) is 1. The molecule has 0 spiro atoms. The lowest BCUT2D eigenvalue weighted by Gasteiger charge is -2.08. The van der Waals surface area contributed by atoms with Crippen molar-refractivity contribution in [3.8, 4) is 10.9 Å². The molecule has 0 aliphatic rings. The minimum atomic E-state index is 0.284. The van der Waals surface area contributed by atoms with Crippen LogP contribution < -0.4 is 10.5 Å². The zero-order chi connectivity index (χ0) is 13.1. The molecule has 4 nitrogen and oxygen atoms in total. The zero-order valence-electron chi connectivity index (χ0n) is 10.2. The van der Waals surface area contributed by atoms with Crippen molar-refractivity contribution in [2.24, 2.45) is 5.73 Å². The Morgan fingerprint density at radius 1 is 1.44 bits per heavy atom. The lowest BCUT2D eigenvalue weighted by molar-refractivity contribution is 0.470. The van der Waals surface area contributed by atoms with Gasteiger partial charge in [0, 0.05) is 34.6 Å². The van der Waals surface area contributed by atoms with Crippen molar-refractivity contribution >= 4 is 23.1 Å². The maximum atomic E-state index is 6.06. The summed E-state index contributed by atoms with van der Waals surface area (Å²) in [4.78, 5) is 4.31. The maximum absolute atomic E-state index is 6.06. The van der Waals surface area contributed by atoms with Crippen LogP contribution in [-0.2, 0) is 6.54 Å². The summed E-state index contributed by atoms with van der Waals surface area (Å²) in [7, 11) is 0. The van der Waals surface area contributed by atoms with Gasteiger partial charge in [0.25, 0.3) is 5.19 Å². The molecule has 0 amide bonds. The fourth-order valence-corrected chi connectivity index (χ4v) is 2.35. The van der Waals surface area contributed by atoms with Gasteiger partial charge in [-0.05, 0) is 12.1 Å². The highest BCUT2D eigenvalue weighted by Crippen LogP contribution is 2.31. The van der Waals surface area contributed by atoms with Crippen molar-refractivity contribution in [1.29, 1.82) is 0 Å².